The standard InChI is InChI=1S/C29H40N2O5/c1-6-7-8-9-10-11-16-31-20-27(32)30(2)24(29(31)33)17-21-12-14-22(15-13-21)23-18-25(34-3)28(36-5)26(19-23)35-4/h12-15,18-19,24H,6-11,16-17,20H2,1-5H3/t24-/m0/s1. The molecule has 1 fully saturated rings. The number of nitrogens with zero attached hydrogens (tertiary/aromatic N) is 2. The number of unbranched alkanes of at least 4 members (excludes halogenated alkanes) is 5. The molecule has 7 nitrogen and oxygen atoms in total. The lowest BCUT2D eigenvalue weighted by molar-refractivity contribution is -0.154. The van der Waals surface area contributed by atoms with Gasteiger partial charge in [0.05, 0.1) is 27.9 Å². The summed E-state index contributed by atoms with van der Waals surface area (Å²) >= 11 is 0. The number of hydrogen-bond donors (Lipinski definition) is 0. The largest absolute Gasteiger partial charge is 0.493 e. The number of methoxy groups -OCH3 is 3. The molecule has 1 saturated heterocycles. The molecule has 0 radical (unpaired) electrons. The van der Waals surface area contributed by atoms with Gasteiger partial charge in [-0.05, 0) is 35.2 Å². The maximum absolute atomic E-state index is 13.2. The maximum Gasteiger partial charge on any atom is 0.246 e. The van der Waals surface area contributed by atoms with Crippen LogP contribution in [0, 0.1) is 0 Å². The van der Waals surface area contributed by atoms with E-state index in [9.17, 15) is 9.59 Å². The Hall–Kier alpha value is -3.22. The van der Waals surface area contributed by atoms with Gasteiger partial charge in [-0.25, -0.2) is 0 Å². The van der Waals surface area contributed by atoms with Crippen LogP contribution in [0.2, 0.25) is 0 Å². The maximum atomic E-state index is 13.2. The van der Waals surface area contributed by atoms with Crippen LogP contribution in [-0.2, 0) is 16.0 Å². The highest BCUT2D eigenvalue weighted by atomic mass is 16.5. The van der Waals surface area contributed by atoms with Crippen molar-refractivity contribution in [3.8, 4) is 28.4 Å². The molecule has 196 valence electrons. The Morgan fingerprint density at radius 1 is 0.833 bits per heavy atom. The normalized spacial score (nSPS) is 15.9. The number of likely N-dealkylation sites (N-methyl/N-ethyl adjacent to an activating group) is 1. The molecule has 3 rings (SSSR count). The van der Waals surface area contributed by atoms with Crippen LogP contribution in [-0.4, -0.2) is 69.1 Å². The lowest BCUT2D eigenvalue weighted by Crippen LogP contribution is -2.59. The smallest absolute Gasteiger partial charge is 0.246 e. The van der Waals surface area contributed by atoms with Crippen LogP contribution in [0.4, 0.5) is 0 Å². The van der Waals surface area contributed by atoms with Crippen molar-refractivity contribution in [2.24, 2.45) is 0 Å². The van der Waals surface area contributed by atoms with Gasteiger partial charge in [-0.1, -0.05) is 63.3 Å². The van der Waals surface area contributed by atoms with Gasteiger partial charge in [0, 0.05) is 20.0 Å². The van der Waals surface area contributed by atoms with Crippen molar-refractivity contribution in [2.45, 2.75) is 57.9 Å². The first-order chi connectivity index (χ1) is 17.4. The van der Waals surface area contributed by atoms with E-state index in [1.54, 1.807) is 38.2 Å². The summed E-state index contributed by atoms with van der Waals surface area (Å²) in [4.78, 5) is 29.2. The van der Waals surface area contributed by atoms with Crippen LogP contribution in [0.3, 0.4) is 0 Å². The zero-order chi connectivity index (χ0) is 26.1. The van der Waals surface area contributed by atoms with E-state index in [-0.39, 0.29) is 18.4 Å². The van der Waals surface area contributed by atoms with E-state index in [4.69, 9.17) is 14.2 Å². The van der Waals surface area contributed by atoms with Gasteiger partial charge in [-0.3, -0.25) is 9.59 Å². The van der Waals surface area contributed by atoms with E-state index in [0.29, 0.717) is 30.2 Å². The third-order valence-corrected chi connectivity index (χ3v) is 6.95. The quantitative estimate of drug-likeness (QED) is 0.367. The van der Waals surface area contributed by atoms with E-state index in [2.05, 4.69) is 6.92 Å². The second kappa shape index (κ2) is 13.2. The highest BCUT2D eigenvalue weighted by molar-refractivity contribution is 5.95. The number of amides is 2. The predicted molar refractivity (Wildman–Crippen MR) is 142 cm³/mol. The fourth-order valence-corrected chi connectivity index (χ4v) is 4.70. The van der Waals surface area contributed by atoms with Crippen molar-refractivity contribution in [1.82, 2.24) is 9.80 Å². The number of rotatable bonds is 13. The number of carbonyl (C=O) groups is 2. The molecule has 0 bridgehead atoms. The summed E-state index contributed by atoms with van der Waals surface area (Å²) in [5.74, 6) is 1.78. The molecule has 1 aliphatic rings. The monoisotopic (exact) mass is 496 g/mol. The highest BCUT2D eigenvalue weighted by Crippen LogP contribution is 2.41. The minimum atomic E-state index is -0.474. The van der Waals surface area contributed by atoms with Crippen LogP contribution >= 0.6 is 0 Å². The van der Waals surface area contributed by atoms with Crippen molar-refractivity contribution in [3.63, 3.8) is 0 Å². The number of carbonyl (C=O) groups excluding carboxylic acids is 2. The first-order valence-corrected chi connectivity index (χ1v) is 12.9. The van der Waals surface area contributed by atoms with E-state index >= 15 is 0 Å². The molecule has 0 saturated carbocycles. The molecule has 1 heterocycles. The third kappa shape index (κ3) is 6.50. The van der Waals surface area contributed by atoms with Gasteiger partial charge in [-0.2, -0.15) is 0 Å². The SMILES string of the molecule is CCCCCCCCN1CC(=O)N(C)[C@@H](Cc2ccc(-c3cc(OC)c(OC)c(OC)c3)cc2)C1=O. The Bertz CT molecular complexity index is 996. The minimum absolute atomic E-state index is 0.000346. The predicted octanol–water partition coefficient (Wildman–Crippen LogP) is 4.95. The number of benzene rings is 2. The van der Waals surface area contributed by atoms with Crippen molar-refractivity contribution < 1.29 is 23.8 Å². The number of hydrogen-bond acceptors (Lipinski definition) is 5. The van der Waals surface area contributed by atoms with Crippen LogP contribution in [0.1, 0.15) is 51.0 Å². The molecule has 0 unspecified atom stereocenters. The van der Waals surface area contributed by atoms with Gasteiger partial charge in [0.1, 0.15) is 6.04 Å². The number of ether oxygens (including phenoxy) is 3. The fraction of sp³-hybridized carbons (Fsp3) is 0.517. The van der Waals surface area contributed by atoms with Gasteiger partial charge in [0.25, 0.3) is 0 Å². The first kappa shape index (κ1) is 27.4. The Morgan fingerprint density at radius 3 is 2.03 bits per heavy atom. The number of piperazine rings is 1. The second-order valence-electron chi connectivity index (χ2n) is 9.36. The molecule has 2 amide bonds. The van der Waals surface area contributed by atoms with Crippen LogP contribution in [0.5, 0.6) is 17.2 Å². The average molecular weight is 497 g/mol. The summed E-state index contributed by atoms with van der Waals surface area (Å²) in [6.45, 7) is 3.04. The fourth-order valence-electron chi connectivity index (χ4n) is 4.70. The van der Waals surface area contributed by atoms with Crippen molar-refractivity contribution in [3.05, 3.63) is 42.0 Å². The Labute approximate surface area is 215 Å². The van der Waals surface area contributed by atoms with Gasteiger partial charge >= 0.3 is 0 Å². The summed E-state index contributed by atoms with van der Waals surface area (Å²) in [7, 11) is 6.51. The molecule has 0 spiro atoms. The second-order valence-corrected chi connectivity index (χ2v) is 9.36. The molecule has 7 heteroatoms. The molecule has 1 atom stereocenters. The first-order valence-electron chi connectivity index (χ1n) is 12.9. The Morgan fingerprint density at radius 2 is 1.44 bits per heavy atom. The van der Waals surface area contributed by atoms with Gasteiger partial charge in [-0.15, -0.1) is 0 Å². The molecule has 2 aromatic carbocycles. The van der Waals surface area contributed by atoms with E-state index in [1.807, 2.05) is 36.4 Å². The summed E-state index contributed by atoms with van der Waals surface area (Å²) in [5, 5.41) is 0. The molecular weight excluding hydrogens is 456 g/mol. The molecule has 2 aromatic rings. The van der Waals surface area contributed by atoms with E-state index < -0.39 is 6.04 Å². The van der Waals surface area contributed by atoms with Gasteiger partial charge in [0.15, 0.2) is 11.5 Å². The van der Waals surface area contributed by atoms with Crippen molar-refractivity contribution >= 4 is 11.8 Å². The molecular formula is C29H40N2O5. The van der Waals surface area contributed by atoms with E-state index in [0.717, 1.165) is 29.5 Å². The van der Waals surface area contributed by atoms with Gasteiger partial charge in [0.2, 0.25) is 17.6 Å². The Balaban J connectivity index is 1.69. The summed E-state index contributed by atoms with van der Waals surface area (Å²) in [6.07, 6.45) is 7.43. The van der Waals surface area contributed by atoms with Crippen molar-refractivity contribution in [2.75, 3.05) is 41.5 Å². The topological polar surface area (TPSA) is 68.3 Å². The molecule has 0 aliphatic carbocycles. The zero-order valence-electron chi connectivity index (χ0n) is 22.3. The Kier molecular flexibility index (Phi) is 10.0. The van der Waals surface area contributed by atoms with Gasteiger partial charge < -0.3 is 24.0 Å². The van der Waals surface area contributed by atoms with Crippen molar-refractivity contribution in [1.29, 1.82) is 0 Å². The molecule has 0 aromatic heterocycles. The summed E-state index contributed by atoms with van der Waals surface area (Å²) in [5.41, 5.74) is 2.93. The zero-order valence-corrected chi connectivity index (χ0v) is 22.3. The average Bonchev–Trinajstić information content (AvgIpc) is 2.90. The summed E-state index contributed by atoms with van der Waals surface area (Å²) < 4.78 is 16.4. The summed E-state index contributed by atoms with van der Waals surface area (Å²) in [6, 6.07) is 11.4. The molecule has 0 N–H and O–H groups in total. The molecule has 1 aliphatic heterocycles. The lowest BCUT2D eigenvalue weighted by atomic mass is 9.98. The van der Waals surface area contributed by atoms with Crippen LogP contribution in [0.15, 0.2) is 36.4 Å². The van der Waals surface area contributed by atoms with Crippen LogP contribution in [0.25, 0.3) is 11.1 Å². The van der Waals surface area contributed by atoms with Crippen LogP contribution < -0.4 is 14.2 Å². The lowest BCUT2D eigenvalue weighted by Gasteiger charge is -2.38. The minimum Gasteiger partial charge on any atom is -0.493 e. The highest BCUT2D eigenvalue weighted by Gasteiger charge is 2.36. The third-order valence-electron chi connectivity index (χ3n) is 6.95. The molecule has 36 heavy (non-hydrogen) atoms. The van der Waals surface area contributed by atoms with E-state index in [1.165, 1.54) is 25.7 Å².